The number of Topliss-reactive ketones (excluding diaryl/α,β-unsaturated/α-hetero) is 1. The number of fused-ring (bicyclic) bond motifs is 1. The van der Waals surface area contributed by atoms with Crippen LogP contribution >= 0.6 is 0 Å². The lowest BCUT2D eigenvalue weighted by Gasteiger charge is -2.26. The van der Waals surface area contributed by atoms with Crippen molar-refractivity contribution in [3.05, 3.63) is 54.1 Å². The van der Waals surface area contributed by atoms with Gasteiger partial charge in [-0.3, -0.25) is 14.4 Å². The molecule has 0 bridgehead atoms. The van der Waals surface area contributed by atoms with Gasteiger partial charge in [-0.15, -0.1) is 0 Å². The van der Waals surface area contributed by atoms with Crippen LogP contribution in [0.5, 0.6) is 5.75 Å². The van der Waals surface area contributed by atoms with Gasteiger partial charge in [-0.2, -0.15) is 0 Å². The summed E-state index contributed by atoms with van der Waals surface area (Å²) >= 11 is 0. The maximum Gasteiger partial charge on any atom is 0.264 e. The number of carbonyl (C=O) groups is 3. The summed E-state index contributed by atoms with van der Waals surface area (Å²) in [5.41, 5.74) is 1.72. The molecule has 0 aromatic heterocycles. The van der Waals surface area contributed by atoms with Gasteiger partial charge in [-0.25, -0.2) is 0 Å². The van der Waals surface area contributed by atoms with Crippen molar-refractivity contribution < 1.29 is 19.1 Å². The highest BCUT2D eigenvalue weighted by Crippen LogP contribution is 2.32. The Morgan fingerprint density at radius 3 is 2.64 bits per heavy atom. The Kier molecular flexibility index (Phi) is 4.79. The summed E-state index contributed by atoms with van der Waals surface area (Å²) in [6.45, 7) is -0.00352. The highest BCUT2D eigenvalue weighted by Gasteiger charge is 2.23. The summed E-state index contributed by atoms with van der Waals surface area (Å²) in [5.74, 6) is 0.0328. The minimum absolute atomic E-state index is 0.00352. The zero-order valence-electron chi connectivity index (χ0n) is 13.8. The third kappa shape index (κ3) is 3.85. The van der Waals surface area contributed by atoms with Crippen molar-refractivity contribution in [2.24, 2.45) is 0 Å². The monoisotopic (exact) mass is 338 g/mol. The number of hydrogen-bond acceptors (Lipinski definition) is 4. The lowest BCUT2D eigenvalue weighted by atomic mass is 10.0. The van der Waals surface area contributed by atoms with Crippen LogP contribution in [0.15, 0.2) is 48.5 Å². The molecule has 0 fully saturated rings. The predicted molar refractivity (Wildman–Crippen MR) is 94.0 cm³/mol. The Balaban J connectivity index is 1.62. The highest BCUT2D eigenvalue weighted by molar-refractivity contribution is 6.03. The third-order valence-electron chi connectivity index (χ3n) is 4.00. The normalized spacial score (nSPS) is 13.0. The number of nitrogens with zero attached hydrogens (tertiary/aromatic N) is 1. The maximum absolute atomic E-state index is 12.4. The highest BCUT2D eigenvalue weighted by atomic mass is 16.5. The van der Waals surface area contributed by atoms with Gasteiger partial charge in [-0.1, -0.05) is 18.2 Å². The molecule has 6 nitrogen and oxygen atoms in total. The second-order valence-corrected chi connectivity index (χ2v) is 5.76. The van der Waals surface area contributed by atoms with Gasteiger partial charge in [0.1, 0.15) is 5.75 Å². The SMILES string of the molecule is CN1C(=O)COc2ccc(C(=O)CCC(=O)Nc3ccccc3)cc21. The quantitative estimate of drug-likeness (QED) is 0.851. The predicted octanol–water partition coefficient (Wildman–Crippen LogP) is 2.64. The van der Waals surface area contributed by atoms with Gasteiger partial charge in [0.15, 0.2) is 12.4 Å². The standard InChI is InChI=1S/C19H18N2O4/c1-21-15-11-13(7-9-17(15)25-12-19(21)24)16(22)8-10-18(23)20-14-5-3-2-4-6-14/h2-7,9,11H,8,10,12H2,1H3,(H,20,23). The Hall–Kier alpha value is -3.15. The first-order valence-electron chi connectivity index (χ1n) is 7.96. The minimum atomic E-state index is -0.215. The Labute approximate surface area is 145 Å². The van der Waals surface area contributed by atoms with Crippen LogP contribution < -0.4 is 15.0 Å². The number of hydrogen-bond donors (Lipinski definition) is 1. The van der Waals surface area contributed by atoms with Gasteiger partial charge in [0.25, 0.3) is 5.91 Å². The third-order valence-corrected chi connectivity index (χ3v) is 4.00. The second-order valence-electron chi connectivity index (χ2n) is 5.76. The van der Waals surface area contributed by atoms with Crippen LogP contribution in [-0.4, -0.2) is 31.3 Å². The number of carbonyl (C=O) groups excluding carboxylic acids is 3. The van der Waals surface area contributed by atoms with Gasteiger partial charge in [0, 0.05) is 31.1 Å². The number of para-hydroxylation sites is 1. The molecule has 128 valence electrons. The molecule has 6 heteroatoms. The second kappa shape index (κ2) is 7.17. The van der Waals surface area contributed by atoms with Crippen molar-refractivity contribution in [1.29, 1.82) is 0 Å². The number of rotatable bonds is 5. The molecule has 0 radical (unpaired) electrons. The fourth-order valence-corrected chi connectivity index (χ4v) is 2.56. The van der Waals surface area contributed by atoms with Crippen molar-refractivity contribution >= 4 is 29.0 Å². The molecule has 0 saturated heterocycles. The van der Waals surface area contributed by atoms with E-state index in [9.17, 15) is 14.4 Å². The Bertz CT molecular complexity index is 817. The van der Waals surface area contributed by atoms with Gasteiger partial charge >= 0.3 is 0 Å². The van der Waals surface area contributed by atoms with Crippen LogP contribution in [0.4, 0.5) is 11.4 Å². The largest absolute Gasteiger partial charge is 0.482 e. The summed E-state index contributed by atoms with van der Waals surface area (Å²) < 4.78 is 5.34. The van der Waals surface area contributed by atoms with E-state index in [-0.39, 0.29) is 37.0 Å². The number of anilines is 2. The topological polar surface area (TPSA) is 75.7 Å². The van der Waals surface area contributed by atoms with Crippen molar-refractivity contribution in [1.82, 2.24) is 0 Å². The van der Waals surface area contributed by atoms with Crippen molar-refractivity contribution in [3.8, 4) is 5.75 Å². The van der Waals surface area contributed by atoms with Crippen LogP contribution in [0, 0.1) is 0 Å². The molecule has 1 aliphatic rings. The molecule has 0 saturated carbocycles. The van der Waals surface area contributed by atoms with E-state index in [2.05, 4.69) is 5.32 Å². The molecule has 0 unspecified atom stereocenters. The number of benzene rings is 2. The molecule has 2 aromatic rings. The van der Waals surface area contributed by atoms with E-state index in [1.807, 2.05) is 18.2 Å². The van der Waals surface area contributed by atoms with Gasteiger partial charge in [-0.05, 0) is 30.3 Å². The lowest BCUT2D eigenvalue weighted by molar-refractivity contribution is -0.121. The van der Waals surface area contributed by atoms with Gasteiger partial charge in [0.05, 0.1) is 5.69 Å². The van der Waals surface area contributed by atoms with Gasteiger partial charge in [0.2, 0.25) is 5.91 Å². The molecule has 1 heterocycles. The van der Waals surface area contributed by atoms with Crippen LogP contribution in [-0.2, 0) is 9.59 Å². The summed E-state index contributed by atoms with van der Waals surface area (Å²) in [6, 6.07) is 14.0. The van der Waals surface area contributed by atoms with E-state index in [0.29, 0.717) is 22.7 Å². The minimum Gasteiger partial charge on any atom is -0.482 e. The summed E-state index contributed by atoms with van der Waals surface area (Å²) in [6.07, 6.45) is 0.187. The van der Waals surface area contributed by atoms with Crippen molar-refractivity contribution in [2.45, 2.75) is 12.8 Å². The first-order valence-corrected chi connectivity index (χ1v) is 7.96. The zero-order valence-corrected chi connectivity index (χ0v) is 13.8. The van der Waals surface area contributed by atoms with Crippen LogP contribution in [0.1, 0.15) is 23.2 Å². The van der Waals surface area contributed by atoms with Crippen molar-refractivity contribution in [2.75, 3.05) is 23.9 Å². The number of nitrogens with one attached hydrogen (secondary N) is 1. The Morgan fingerprint density at radius 2 is 1.88 bits per heavy atom. The van der Waals surface area contributed by atoms with Crippen LogP contribution in [0.3, 0.4) is 0 Å². The van der Waals surface area contributed by atoms with Crippen molar-refractivity contribution in [3.63, 3.8) is 0 Å². The molecule has 1 N–H and O–H groups in total. The average Bonchev–Trinajstić information content (AvgIpc) is 2.63. The first kappa shape index (κ1) is 16.7. The molecule has 0 atom stereocenters. The van der Waals surface area contributed by atoms with E-state index in [0.717, 1.165) is 0 Å². The number of ether oxygens (including phenoxy) is 1. The molecule has 0 aliphatic carbocycles. The smallest absolute Gasteiger partial charge is 0.264 e. The lowest BCUT2D eigenvalue weighted by Crippen LogP contribution is -2.35. The summed E-state index contributed by atoms with van der Waals surface area (Å²) in [7, 11) is 1.64. The fourth-order valence-electron chi connectivity index (χ4n) is 2.56. The number of likely N-dealkylation sites (N-methyl/N-ethyl adjacent to an activating group) is 1. The maximum atomic E-state index is 12.4. The molecule has 25 heavy (non-hydrogen) atoms. The average molecular weight is 338 g/mol. The number of amides is 2. The number of ketones is 1. The van der Waals surface area contributed by atoms with Crippen LogP contribution in [0.25, 0.3) is 0 Å². The molecule has 3 rings (SSSR count). The Morgan fingerprint density at radius 1 is 1.12 bits per heavy atom. The summed E-state index contributed by atoms with van der Waals surface area (Å²) in [4.78, 5) is 37.5. The summed E-state index contributed by atoms with van der Waals surface area (Å²) in [5, 5.41) is 2.75. The molecule has 2 amide bonds. The van der Waals surface area contributed by atoms with E-state index in [4.69, 9.17) is 4.74 Å². The van der Waals surface area contributed by atoms with E-state index in [1.165, 1.54) is 4.90 Å². The van der Waals surface area contributed by atoms with Gasteiger partial charge < -0.3 is 15.0 Å². The van der Waals surface area contributed by atoms with E-state index in [1.54, 1.807) is 37.4 Å². The van der Waals surface area contributed by atoms with E-state index < -0.39 is 0 Å². The molecule has 0 spiro atoms. The molecule has 2 aromatic carbocycles. The zero-order chi connectivity index (χ0) is 17.8. The van der Waals surface area contributed by atoms with E-state index >= 15 is 0 Å². The molecule has 1 aliphatic heterocycles. The first-order chi connectivity index (χ1) is 12.0. The fraction of sp³-hybridized carbons (Fsp3) is 0.211. The molecular formula is C19H18N2O4. The van der Waals surface area contributed by atoms with Crippen LogP contribution in [0.2, 0.25) is 0 Å². The molecular weight excluding hydrogens is 320 g/mol.